The number of fused-ring (bicyclic) bond motifs is 2. The van der Waals surface area contributed by atoms with E-state index in [4.69, 9.17) is 16.3 Å². The highest BCUT2D eigenvalue weighted by Gasteiger charge is 2.36. The van der Waals surface area contributed by atoms with Gasteiger partial charge in [0.1, 0.15) is 16.6 Å². The Balaban J connectivity index is 1.80. The molecular formula is C25H17ClFNO3S. The number of benzene rings is 3. The first-order valence-corrected chi connectivity index (χ1v) is 11.1. The molecule has 1 aromatic heterocycles. The van der Waals surface area contributed by atoms with Crippen LogP contribution in [0.1, 0.15) is 23.5 Å². The molecule has 7 heteroatoms. The second-order valence-electron chi connectivity index (χ2n) is 7.51. The zero-order chi connectivity index (χ0) is 22.4. The van der Waals surface area contributed by atoms with Crippen LogP contribution in [-0.2, 0) is 4.79 Å². The fourth-order valence-electron chi connectivity index (χ4n) is 4.11. The molecule has 0 N–H and O–H groups in total. The van der Waals surface area contributed by atoms with Crippen molar-refractivity contribution in [1.29, 1.82) is 0 Å². The number of rotatable bonds is 3. The number of anilines is 2. The average Bonchev–Trinajstić information content (AvgIpc) is 2.81. The SMILES string of the molecule is COc1ccc(C2CC(=O)N(c3ccccc3)c3sc4cc(Cl)c(F)cc4c(=O)c32)cc1. The highest BCUT2D eigenvalue weighted by atomic mass is 35.5. The number of ether oxygens (including phenoxy) is 1. The van der Waals surface area contributed by atoms with Gasteiger partial charge >= 0.3 is 0 Å². The molecule has 0 bridgehead atoms. The molecule has 160 valence electrons. The molecule has 1 aliphatic heterocycles. The third-order valence-corrected chi connectivity index (χ3v) is 7.10. The zero-order valence-electron chi connectivity index (χ0n) is 17.0. The van der Waals surface area contributed by atoms with Crippen molar-refractivity contribution in [2.45, 2.75) is 12.3 Å². The van der Waals surface area contributed by atoms with E-state index in [2.05, 4.69) is 0 Å². The van der Waals surface area contributed by atoms with Crippen molar-refractivity contribution < 1.29 is 13.9 Å². The van der Waals surface area contributed by atoms with Gasteiger partial charge in [0.15, 0.2) is 5.43 Å². The van der Waals surface area contributed by atoms with Crippen molar-refractivity contribution in [3.8, 4) is 5.75 Å². The molecule has 0 spiro atoms. The first-order valence-electron chi connectivity index (χ1n) is 9.95. The minimum absolute atomic E-state index is 0.0619. The van der Waals surface area contributed by atoms with Crippen LogP contribution in [0.4, 0.5) is 15.1 Å². The van der Waals surface area contributed by atoms with E-state index in [1.54, 1.807) is 24.1 Å². The lowest BCUT2D eigenvalue weighted by Gasteiger charge is -2.33. The number of halogens is 2. The van der Waals surface area contributed by atoms with Crippen molar-refractivity contribution in [1.82, 2.24) is 0 Å². The fraction of sp³-hybridized carbons (Fsp3) is 0.120. The second-order valence-corrected chi connectivity index (χ2v) is 8.94. The average molecular weight is 466 g/mol. The van der Waals surface area contributed by atoms with Crippen LogP contribution in [0, 0.1) is 5.82 Å². The van der Waals surface area contributed by atoms with Crippen LogP contribution in [0.3, 0.4) is 0 Å². The molecule has 1 unspecified atom stereocenters. The molecule has 1 amide bonds. The predicted octanol–water partition coefficient (Wildman–Crippen LogP) is 6.26. The third kappa shape index (κ3) is 3.36. The predicted molar refractivity (Wildman–Crippen MR) is 126 cm³/mol. The van der Waals surface area contributed by atoms with Crippen LogP contribution in [0.2, 0.25) is 5.02 Å². The summed E-state index contributed by atoms with van der Waals surface area (Å²) in [6.07, 6.45) is 0.123. The summed E-state index contributed by atoms with van der Waals surface area (Å²) in [5.41, 5.74) is 1.69. The van der Waals surface area contributed by atoms with E-state index in [0.717, 1.165) is 5.56 Å². The lowest BCUT2D eigenvalue weighted by atomic mass is 9.85. The Kier molecular flexibility index (Phi) is 5.19. The number of nitrogens with zero attached hydrogens (tertiary/aromatic N) is 1. The number of methoxy groups -OCH3 is 1. The summed E-state index contributed by atoms with van der Waals surface area (Å²) in [5, 5.41) is 0.734. The van der Waals surface area contributed by atoms with Gasteiger partial charge in [0, 0.05) is 33.7 Å². The summed E-state index contributed by atoms with van der Waals surface area (Å²) in [6.45, 7) is 0. The van der Waals surface area contributed by atoms with E-state index >= 15 is 0 Å². The van der Waals surface area contributed by atoms with Crippen molar-refractivity contribution in [2.24, 2.45) is 0 Å². The Labute approximate surface area is 192 Å². The lowest BCUT2D eigenvalue weighted by Crippen LogP contribution is -2.35. The van der Waals surface area contributed by atoms with Gasteiger partial charge in [-0.25, -0.2) is 4.39 Å². The number of amides is 1. The second kappa shape index (κ2) is 8.04. The minimum atomic E-state index is -0.642. The molecule has 0 saturated heterocycles. The minimum Gasteiger partial charge on any atom is -0.497 e. The van der Waals surface area contributed by atoms with Crippen LogP contribution in [-0.4, -0.2) is 13.0 Å². The standard InChI is InChI=1S/C25H17ClFNO3S/c1-31-16-9-7-14(8-10-16)17-12-22(29)28(15-5-3-2-4-6-15)25-23(17)24(30)18-11-20(27)19(26)13-21(18)32-25/h2-11,13,17H,12H2,1H3. The topological polar surface area (TPSA) is 46.6 Å². The van der Waals surface area contributed by atoms with E-state index in [1.165, 1.54) is 23.5 Å². The van der Waals surface area contributed by atoms with Gasteiger partial charge in [-0.3, -0.25) is 14.5 Å². The maximum atomic E-state index is 14.2. The molecule has 0 radical (unpaired) electrons. The maximum absolute atomic E-state index is 14.2. The summed E-state index contributed by atoms with van der Waals surface area (Å²) >= 11 is 7.26. The molecule has 4 nitrogen and oxygen atoms in total. The molecule has 0 aliphatic carbocycles. The molecule has 3 aromatic carbocycles. The molecule has 0 saturated carbocycles. The van der Waals surface area contributed by atoms with Crippen molar-refractivity contribution >= 4 is 49.6 Å². The normalized spacial score (nSPS) is 15.7. The van der Waals surface area contributed by atoms with Crippen molar-refractivity contribution in [3.05, 3.63) is 98.9 Å². The fourth-order valence-corrected chi connectivity index (χ4v) is 5.62. The molecule has 2 heterocycles. The number of hydrogen-bond donors (Lipinski definition) is 0. The lowest BCUT2D eigenvalue weighted by molar-refractivity contribution is -0.118. The Morgan fingerprint density at radius 1 is 1.06 bits per heavy atom. The van der Waals surface area contributed by atoms with Crippen LogP contribution in [0.5, 0.6) is 5.75 Å². The Bertz CT molecular complexity index is 1400. The summed E-state index contributed by atoms with van der Waals surface area (Å²) in [5.74, 6) is -0.526. The van der Waals surface area contributed by atoms with Crippen LogP contribution in [0.25, 0.3) is 10.1 Å². The molecule has 4 aromatic rings. The summed E-state index contributed by atoms with van der Waals surface area (Å²) in [7, 11) is 1.58. The van der Waals surface area contributed by atoms with Gasteiger partial charge in [-0.2, -0.15) is 0 Å². The maximum Gasteiger partial charge on any atom is 0.233 e. The van der Waals surface area contributed by atoms with Crippen LogP contribution < -0.4 is 15.1 Å². The molecule has 1 aliphatic rings. The molecule has 0 fully saturated rings. The van der Waals surface area contributed by atoms with Gasteiger partial charge in [0.2, 0.25) is 5.91 Å². The number of carbonyl (C=O) groups excluding carboxylic acids is 1. The van der Waals surface area contributed by atoms with Crippen molar-refractivity contribution in [2.75, 3.05) is 12.0 Å². The van der Waals surface area contributed by atoms with Gasteiger partial charge in [-0.05, 0) is 42.0 Å². The number of para-hydroxylation sites is 1. The molecule has 32 heavy (non-hydrogen) atoms. The zero-order valence-corrected chi connectivity index (χ0v) is 18.5. The first-order chi connectivity index (χ1) is 15.5. The van der Waals surface area contributed by atoms with Gasteiger partial charge in [-0.15, -0.1) is 11.3 Å². The summed E-state index contributed by atoms with van der Waals surface area (Å²) in [6, 6.07) is 19.2. The van der Waals surface area contributed by atoms with E-state index in [-0.39, 0.29) is 28.2 Å². The van der Waals surface area contributed by atoms with Crippen LogP contribution >= 0.6 is 22.9 Å². The molecule has 5 rings (SSSR count). The number of carbonyl (C=O) groups is 1. The van der Waals surface area contributed by atoms with Crippen LogP contribution in [0.15, 0.2) is 71.5 Å². The van der Waals surface area contributed by atoms with E-state index in [1.807, 2.05) is 42.5 Å². The summed E-state index contributed by atoms with van der Waals surface area (Å²) in [4.78, 5) is 28.6. The van der Waals surface area contributed by atoms with Gasteiger partial charge in [0.05, 0.1) is 12.1 Å². The van der Waals surface area contributed by atoms with Crippen molar-refractivity contribution in [3.63, 3.8) is 0 Å². The Morgan fingerprint density at radius 3 is 2.47 bits per heavy atom. The van der Waals surface area contributed by atoms with Gasteiger partial charge in [0.25, 0.3) is 0 Å². The smallest absolute Gasteiger partial charge is 0.233 e. The van der Waals surface area contributed by atoms with Gasteiger partial charge < -0.3 is 4.74 Å². The summed E-state index contributed by atoms with van der Waals surface area (Å²) < 4.78 is 20.0. The monoisotopic (exact) mass is 465 g/mol. The third-order valence-electron chi connectivity index (χ3n) is 5.66. The van der Waals surface area contributed by atoms with E-state index in [9.17, 15) is 14.0 Å². The Hall–Kier alpha value is -3.22. The highest BCUT2D eigenvalue weighted by molar-refractivity contribution is 7.22. The molecular weight excluding hydrogens is 449 g/mol. The van der Waals surface area contributed by atoms with Gasteiger partial charge in [-0.1, -0.05) is 41.9 Å². The highest BCUT2D eigenvalue weighted by Crippen LogP contribution is 2.46. The largest absolute Gasteiger partial charge is 0.497 e. The molecule has 1 atom stereocenters. The van der Waals surface area contributed by atoms with E-state index < -0.39 is 11.7 Å². The first kappa shape index (κ1) is 20.7. The quantitative estimate of drug-likeness (QED) is 0.358. The van der Waals surface area contributed by atoms with E-state index in [0.29, 0.717) is 26.7 Å². The Morgan fingerprint density at radius 2 is 1.78 bits per heavy atom. The number of hydrogen-bond acceptors (Lipinski definition) is 4.